The second-order valence-corrected chi connectivity index (χ2v) is 4.24. The third-order valence-corrected chi connectivity index (χ3v) is 2.52. The molecule has 3 nitrogen and oxygen atoms in total. The van der Waals surface area contributed by atoms with Gasteiger partial charge in [-0.25, -0.2) is 0 Å². The van der Waals surface area contributed by atoms with E-state index in [0.717, 1.165) is 24.0 Å². The molecule has 1 rings (SSSR count). The Morgan fingerprint density at radius 2 is 1.90 bits per heavy atom. The fourth-order valence-electron chi connectivity index (χ4n) is 1.70. The Bertz CT molecular complexity index is 427. The van der Waals surface area contributed by atoms with Gasteiger partial charge in [-0.15, -0.1) is 13.2 Å². The first kappa shape index (κ1) is 16.5. The lowest BCUT2D eigenvalue weighted by Crippen LogP contribution is -2.16. The number of nitrogens with two attached hydrogens (primary N) is 1. The van der Waals surface area contributed by atoms with Gasteiger partial charge in [0, 0.05) is 7.11 Å². The van der Waals surface area contributed by atoms with Crippen molar-refractivity contribution in [2.75, 3.05) is 20.3 Å². The van der Waals surface area contributed by atoms with Crippen molar-refractivity contribution >= 4 is 6.08 Å². The van der Waals surface area contributed by atoms with Gasteiger partial charge in [-0.05, 0) is 42.7 Å². The number of alkyl halides is 3. The maximum Gasteiger partial charge on any atom is 0.573 e. The van der Waals surface area contributed by atoms with Gasteiger partial charge in [0.25, 0.3) is 0 Å². The fraction of sp³-hybridized carbons (Fsp3) is 0.429. The molecule has 1 aromatic carbocycles. The molecule has 1 aromatic rings. The molecule has 20 heavy (non-hydrogen) atoms. The molecule has 0 amide bonds. The van der Waals surface area contributed by atoms with Gasteiger partial charge in [-0.2, -0.15) is 0 Å². The molecular weight excluding hydrogens is 271 g/mol. The average Bonchev–Trinajstić information content (AvgIpc) is 2.37. The number of halogens is 3. The number of ether oxygens (including phenoxy) is 2. The van der Waals surface area contributed by atoms with Gasteiger partial charge in [0.2, 0.25) is 0 Å². The Hall–Kier alpha value is -1.53. The van der Waals surface area contributed by atoms with Crippen LogP contribution in [0.15, 0.2) is 29.8 Å². The SMILES string of the molecule is COC/C(=C/c1ccc(OC(F)(F)F)cc1)CCCN. The van der Waals surface area contributed by atoms with Crippen molar-refractivity contribution in [2.45, 2.75) is 19.2 Å². The van der Waals surface area contributed by atoms with Crippen molar-refractivity contribution in [3.8, 4) is 5.75 Å². The maximum absolute atomic E-state index is 12.0. The van der Waals surface area contributed by atoms with Crippen molar-refractivity contribution in [1.82, 2.24) is 0 Å². The van der Waals surface area contributed by atoms with Gasteiger partial charge in [0.15, 0.2) is 0 Å². The number of methoxy groups -OCH3 is 1. The molecule has 112 valence electrons. The highest BCUT2D eigenvalue weighted by molar-refractivity contribution is 5.54. The molecule has 6 heteroatoms. The van der Waals surface area contributed by atoms with E-state index in [1.54, 1.807) is 19.2 Å². The van der Waals surface area contributed by atoms with E-state index < -0.39 is 6.36 Å². The van der Waals surface area contributed by atoms with Crippen LogP contribution in [0.5, 0.6) is 5.75 Å². The molecule has 0 aromatic heterocycles. The van der Waals surface area contributed by atoms with Crippen LogP contribution in [-0.2, 0) is 4.74 Å². The molecule has 0 fully saturated rings. The zero-order valence-electron chi connectivity index (χ0n) is 11.2. The molecule has 0 unspecified atom stereocenters. The molecule has 0 aliphatic carbocycles. The summed E-state index contributed by atoms with van der Waals surface area (Å²) in [6.07, 6.45) is -1.15. The van der Waals surface area contributed by atoms with Crippen LogP contribution in [0.2, 0.25) is 0 Å². The molecular formula is C14H18F3NO2. The minimum Gasteiger partial charge on any atom is -0.406 e. The molecule has 0 radical (unpaired) electrons. The highest BCUT2D eigenvalue weighted by atomic mass is 19.4. The summed E-state index contributed by atoms with van der Waals surface area (Å²) < 4.78 is 45.0. The van der Waals surface area contributed by atoms with Crippen LogP contribution >= 0.6 is 0 Å². The first-order chi connectivity index (χ1) is 9.44. The Morgan fingerprint density at radius 3 is 2.40 bits per heavy atom. The standard InChI is InChI=1S/C14H18F3NO2/c1-19-10-12(3-2-8-18)9-11-4-6-13(7-5-11)20-14(15,16)17/h4-7,9H,2-3,8,10,18H2,1H3/b12-9+. The van der Waals surface area contributed by atoms with E-state index >= 15 is 0 Å². The lowest BCUT2D eigenvalue weighted by atomic mass is 10.1. The average molecular weight is 289 g/mol. The zero-order valence-corrected chi connectivity index (χ0v) is 11.2. The van der Waals surface area contributed by atoms with Crippen molar-refractivity contribution in [3.63, 3.8) is 0 Å². The third kappa shape index (κ3) is 6.58. The Kier molecular flexibility index (Phi) is 6.54. The predicted octanol–water partition coefficient (Wildman–Crippen LogP) is 3.35. The summed E-state index contributed by atoms with van der Waals surface area (Å²) in [7, 11) is 1.59. The van der Waals surface area contributed by atoms with Crippen LogP contribution in [0.25, 0.3) is 6.08 Å². The van der Waals surface area contributed by atoms with Gasteiger partial charge in [0.05, 0.1) is 6.61 Å². The number of rotatable bonds is 7. The van der Waals surface area contributed by atoms with E-state index in [9.17, 15) is 13.2 Å². The highest BCUT2D eigenvalue weighted by Gasteiger charge is 2.30. The highest BCUT2D eigenvalue weighted by Crippen LogP contribution is 2.23. The van der Waals surface area contributed by atoms with E-state index in [1.165, 1.54) is 12.1 Å². The van der Waals surface area contributed by atoms with Crippen LogP contribution in [-0.4, -0.2) is 26.6 Å². The van der Waals surface area contributed by atoms with Crippen LogP contribution < -0.4 is 10.5 Å². The summed E-state index contributed by atoms with van der Waals surface area (Å²) in [6.45, 7) is 1.06. The van der Waals surface area contributed by atoms with Crippen LogP contribution in [0, 0.1) is 0 Å². The van der Waals surface area contributed by atoms with E-state index in [-0.39, 0.29) is 5.75 Å². The molecule has 0 saturated carbocycles. The first-order valence-corrected chi connectivity index (χ1v) is 6.19. The molecule has 0 aliphatic heterocycles. The second kappa shape index (κ2) is 7.91. The molecule has 0 aliphatic rings. The first-order valence-electron chi connectivity index (χ1n) is 6.19. The lowest BCUT2D eigenvalue weighted by molar-refractivity contribution is -0.274. The molecule has 0 atom stereocenters. The fourth-order valence-corrected chi connectivity index (χ4v) is 1.70. The summed E-state index contributed by atoms with van der Waals surface area (Å²) in [5, 5.41) is 0. The van der Waals surface area contributed by atoms with E-state index in [4.69, 9.17) is 10.5 Å². The van der Waals surface area contributed by atoms with E-state index in [2.05, 4.69) is 4.74 Å². The van der Waals surface area contributed by atoms with Crippen LogP contribution in [0.4, 0.5) is 13.2 Å². The summed E-state index contributed by atoms with van der Waals surface area (Å²) in [4.78, 5) is 0. The number of hydrogen-bond acceptors (Lipinski definition) is 3. The topological polar surface area (TPSA) is 44.5 Å². The predicted molar refractivity (Wildman–Crippen MR) is 71.3 cm³/mol. The zero-order chi connectivity index (χ0) is 15.0. The van der Waals surface area contributed by atoms with Crippen molar-refractivity contribution in [2.24, 2.45) is 5.73 Å². The molecule has 0 saturated heterocycles. The Morgan fingerprint density at radius 1 is 1.25 bits per heavy atom. The maximum atomic E-state index is 12.0. The molecule has 0 spiro atoms. The summed E-state index contributed by atoms with van der Waals surface area (Å²) in [5.74, 6) is -0.232. The van der Waals surface area contributed by atoms with Gasteiger partial charge in [-0.3, -0.25) is 0 Å². The van der Waals surface area contributed by atoms with Gasteiger partial charge >= 0.3 is 6.36 Å². The molecule has 2 N–H and O–H groups in total. The summed E-state index contributed by atoms with van der Waals surface area (Å²) in [5.41, 5.74) is 7.29. The quantitative estimate of drug-likeness (QED) is 0.837. The normalized spacial score (nSPS) is 12.6. The van der Waals surface area contributed by atoms with Gasteiger partial charge in [-0.1, -0.05) is 18.2 Å². The minimum atomic E-state index is -4.67. The monoisotopic (exact) mass is 289 g/mol. The van der Waals surface area contributed by atoms with E-state index in [0.29, 0.717) is 13.2 Å². The Balaban J connectivity index is 2.74. The molecule has 0 heterocycles. The van der Waals surface area contributed by atoms with Gasteiger partial charge in [0.1, 0.15) is 5.75 Å². The molecule has 0 bridgehead atoms. The van der Waals surface area contributed by atoms with E-state index in [1.807, 2.05) is 6.08 Å². The third-order valence-electron chi connectivity index (χ3n) is 2.52. The number of hydrogen-bond donors (Lipinski definition) is 1. The summed E-state index contributed by atoms with van der Waals surface area (Å²) in [6, 6.07) is 5.71. The second-order valence-electron chi connectivity index (χ2n) is 4.24. The van der Waals surface area contributed by atoms with Crippen molar-refractivity contribution < 1.29 is 22.6 Å². The van der Waals surface area contributed by atoms with Crippen LogP contribution in [0.3, 0.4) is 0 Å². The largest absolute Gasteiger partial charge is 0.573 e. The Labute approximate surface area is 116 Å². The van der Waals surface area contributed by atoms with Gasteiger partial charge < -0.3 is 15.2 Å². The van der Waals surface area contributed by atoms with Crippen molar-refractivity contribution in [3.05, 3.63) is 35.4 Å². The van der Waals surface area contributed by atoms with Crippen LogP contribution in [0.1, 0.15) is 18.4 Å². The van der Waals surface area contributed by atoms with Crippen molar-refractivity contribution in [1.29, 1.82) is 0 Å². The minimum absolute atomic E-state index is 0.232. The lowest BCUT2D eigenvalue weighted by Gasteiger charge is -2.09. The number of benzene rings is 1. The summed E-state index contributed by atoms with van der Waals surface area (Å²) >= 11 is 0. The smallest absolute Gasteiger partial charge is 0.406 e.